The summed E-state index contributed by atoms with van der Waals surface area (Å²) < 4.78 is 34.6. The number of likely N-dealkylation sites (tertiary alicyclic amines) is 1. The second-order valence-corrected chi connectivity index (χ2v) is 9.43. The molecule has 6 rings (SSSR count). The van der Waals surface area contributed by atoms with E-state index >= 15 is 0 Å². The van der Waals surface area contributed by atoms with Gasteiger partial charge in [0.2, 0.25) is 5.91 Å². The number of halogens is 2. The van der Waals surface area contributed by atoms with Gasteiger partial charge >= 0.3 is 0 Å². The lowest BCUT2D eigenvalue weighted by Gasteiger charge is -2.28. The zero-order valence-electron chi connectivity index (χ0n) is 19.7. The molecule has 2 atom stereocenters. The van der Waals surface area contributed by atoms with Gasteiger partial charge in [-0.2, -0.15) is 0 Å². The first-order valence-electron chi connectivity index (χ1n) is 12.2. The number of aromatic amines is 1. The van der Waals surface area contributed by atoms with Gasteiger partial charge in [-0.1, -0.05) is 36.4 Å². The topological polar surface area (TPSA) is 61.5 Å². The molecule has 0 saturated carbocycles. The zero-order chi connectivity index (χ0) is 24.6. The maximum atomic E-state index is 14.7. The van der Waals surface area contributed by atoms with E-state index in [4.69, 9.17) is 4.74 Å². The molecule has 6 nitrogen and oxygen atoms in total. The molecule has 1 amide bonds. The lowest BCUT2D eigenvalue weighted by molar-refractivity contribution is -0.133. The number of hydrogen-bond acceptors (Lipinski definition) is 4. The molecule has 1 aromatic heterocycles. The number of nitrogens with one attached hydrogen (secondary N) is 1. The first-order valence-corrected chi connectivity index (χ1v) is 12.2. The highest BCUT2D eigenvalue weighted by molar-refractivity contribution is 5.79. The van der Waals surface area contributed by atoms with E-state index in [0.717, 1.165) is 18.4 Å². The molecule has 0 aliphatic carbocycles. The van der Waals surface area contributed by atoms with Crippen molar-refractivity contribution in [2.45, 2.75) is 31.5 Å². The monoisotopic (exact) mass is 488 g/mol. The molecule has 3 aromatic carbocycles. The number of benzene rings is 3. The van der Waals surface area contributed by atoms with Gasteiger partial charge in [0, 0.05) is 30.8 Å². The number of nitrogens with zero attached hydrogens (tertiary/aromatic N) is 3. The smallest absolute Gasteiger partial charge is 0.237 e. The molecule has 1 saturated heterocycles. The minimum Gasteiger partial charge on any atom is -0.484 e. The van der Waals surface area contributed by atoms with Crippen molar-refractivity contribution >= 4 is 16.9 Å². The molecule has 2 aliphatic rings. The van der Waals surface area contributed by atoms with Crippen LogP contribution in [0, 0.1) is 11.6 Å². The predicted octanol–water partition coefficient (Wildman–Crippen LogP) is 5.14. The number of H-pyrrole nitrogens is 1. The number of rotatable bonds is 4. The van der Waals surface area contributed by atoms with Crippen LogP contribution in [-0.4, -0.2) is 45.3 Å². The summed E-state index contributed by atoms with van der Waals surface area (Å²) >= 11 is 0. The molecule has 8 heteroatoms. The highest BCUT2D eigenvalue weighted by atomic mass is 19.1. The lowest BCUT2D eigenvalue weighted by Crippen LogP contribution is -2.41. The molecule has 1 N–H and O–H groups in total. The second kappa shape index (κ2) is 9.35. The number of hydrogen-bond donors (Lipinski definition) is 1. The molecule has 2 aliphatic heterocycles. The Morgan fingerprint density at radius 1 is 1.08 bits per heavy atom. The number of carbonyl (C=O) groups excluding carboxylic acids is 1. The van der Waals surface area contributed by atoms with E-state index in [9.17, 15) is 13.6 Å². The number of para-hydroxylation sites is 1. The molecule has 0 unspecified atom stereocenters. The van der Waals surface area contributed by atoms with Gasteiger partial charge in [-0.05, 0) is 43.2 Å². The van der Waals surface area contributed by atoms with Crippen molar-refractivity contribution < 1.29 is 18.3 Å². The Balaban J connectivity index is 1.25. The van der Waals surface area contributed by atoms with Crippen molar-refractivity contribution in [3.63, 3.8) is 0 Å². The molecule has 0 bridgehead atoms. The number of imidazole rings is 1. The van der Waals surface area contributed by atoms with Crippen molar-refractivity contribution in [2.24, 2.45) is 0 Å². The van der Waals surface area contributed by atoms with Crippen LogP contribution in [0.5, 0.6) is 5.75 Å². The Kier molecular flexibility index (Phi) is 5.89. The number of ether oxygens (including phenoxy) is 1. The number of carbonyl (C=O) groups is 1. The van der Waals surface area contributed by atoms with Crippen LogP contribution in [-0.2, 0) is 11.3 Å². The fourth-order valence-electron chi connectivity index (χ4n) is 5.29. The molecule has 0 radical (unpaired) electrons. The van der Waals surface area contributed by atoms with E-state index in [1.54, 1.807) is 24.3 Å². The van der Waals surface area contributed by atoms with Crippen LogP contribution in [0.2, 0.25) is 0 Å². The normalized spacial score (nSPS) is 20.2. The summed E-state index contributed by atoms with van der Waals surface area (Å²) in [6, 6.07) is 18.6. The molecule has 3 heterocycles. The molecule has 184 valence electrons. The Morgan fingerprint density at radius 2 is 1.92 bits per heavy atom. The number of fused-ring (bicyclic) bond motifs is 2. The summed E-state index contributed by atoms with van der Waals surface area (Å²) in [5.74, 6) is 0.708. The summed E-state index contributed by atoms with van der Waals surface area (Å²) in [7, 11) is 0. The van der Waals surface area contributed by atoms with Gasteiger partial charge in [0.25, 0.3) is 0 Å². The third kappa shape index (κ3) is 4.33. The van der Waals surface area contributed by atoms with Crippen molar-refractivity contribution in [3.05, 3.63) is 95.3 Å². The largest absolute Gasteiger partial charge is 0.484 e. The summed E-state index contributed by atoms with van der Waals surface area (Å²) in [6.07, 6.45) is 1.12. The van der Waals surface area contributed by atoms with Gasteiger partial charge in [-0.25, -0.2) is 13.8 Å². The van der Waals surface area contributed by atoms with Crippen LogP contribution in [0.15, 0.2) is 66.7 Å². The second-order valence-electron chi connectivity index (χ2n) is 9.43. The maximum Gasteiger partial charge on any atom is 0.237 e. The maximum absolute atomic E-state index is 14.7. The first-order chi connectivity index (χ1) is 17.5. The Hall–Kier alpha value is -3.78. The molecule has 1 fully saturated rings. The Bertz CT molecular complexity index is 1420. The van der Waals surface area contributed by atoms with Gasteiger partial charge in [-0.15, -0.1) is 0 Å². The quantitative estimate of drug-likeness (QED) is 0.432. The summed E-state index contributed by atoms with van der Waals surface area (Å²) in [6.45, 7) is 1.71. The summed E-state index contributed by atoms with van der Waals surface area (Å²) in [5, 5.41) is 0. The van der Waals surface area contributed by atoms with Crippen LogP contribution in [0.25, 0.3) is 11.0 Å². The Morgan fingerprint density at radius 3 is 2.81 bits per heavy atom. The van der Waals surface area contributed by atoms with Crippen molar-refractivity contribution in [1.82, 2.24) is 19.8 Å². The number of amides is 1. The van der Waals surface area contributed by atoms with E-state index in [0.29, 0.717) is 47.8 Å². The average molecular weight is 489 g/mol. The minimum absolute atomic E-state index is 0.0178. The molecular weight excluding hydrogens is 462 g/mol. The van der Waals surface area contributed by atoms with Crippen molar-refractivity contribution in [3.8, 4) is 5.75 Å². The van der Waals surface area contributed by atoms with Crippen LogP contribution in [0.4, 0.5) is 8.78 Å². The van der Waals surface area contributed by atoms with Crippen molar-refractivity contribution in [2.75, 3.05) is 19.6 Å². The van der Waals surface area contributed by atoms with E-state index < -0.39 is 6.10 Å². The zero-order valence-corrected chi connectivity index (χ0v) is 19.7. The predicted molar refractivity (Wildman–Crippen MR) is 131 cm³/mol. The third-order valence-electron chi connectivity index (χ3n) is 7.02. The molecule has 0 spiro atoms. The average Bonchev–Trinajstić information content (AvgIpc) is 3.47. The summed E-state index contributed by atoms with van der Waals surface area (Å²) in [4.78, 5) is 25.3. The van der Waals surface area contributed by atoms with Gasteiger partial charge in [-0.3, -0.25) is 9.69 Å². The van der Waals surface area contributed by atoms with Gasteiger partial charge in [0.1, 0.15) is 29.3 Å². The van der Waals surface area contributed by atoms with E-state index in [-0.39, 0.29) is 30.1 Å². The van der Waals surface area contributed by atoms with Gasteiger partial charge < -0.3 is 14.6 Å². The van der Waals surface area contributed by atoms with Crippen LogP contribution in [0.3, 0.4) is 0 Å². The van der Waals surface area contributed by atoms with E-state index in [2.05, 4.69) is 9.97 Å². The van der Waals surface area contributed by atoms with Crippen LogP contribution in [0.1, 0.15) is 41.9 Å². The number of aromatic nitrogens is 2. The molecule has 36 heavy (non-hydrogen) atoms. The first kappa shape index (κ1) is 22.7. The van der Waals surface area contributed by atoms with Crippen molar-refractivity contribution in [1.29, 1.82) is 0 Å². The minimum atomic E-state index is -0.540. The standard InChI is InChI=1S/C28H26F2N4O2/c29-19-11-12-22-23(14-19)32-28(31-22)24-9-5-13-34(24)27(35)17-33-15-18-6-1-4-10-25(18)36-26(16-33)20-7-2-3-8-21(20)30/h1-4,6-8,10-12,14,24,26H,5,9,13,15-17H2,(H,31,32)/t24-,26+/m1/s1. The third-order valence-corrected chi connectivity index (χ3v) is 7.02. The Labute approximate surface area is 207 Å². The van der Waals surface area contributed by atoms with Crippen LogP contribution >= 0.6 is 0 Å². The van der Waals surface area contributed by atoms with E-state index in [1.165, 1.54) is 18.2 Å². The molecule has 4 aromatic rings. The fraction of sp³-hybridized carbons (Fsp3) is 0.286. The van der Waals surface area contributed by atoms with Gasteiger partial charge in [0.05, 0.1) is 23.6 Å². The fourth-order valence-corrected chi connectivity index (χ4v) is 5.29. The van der Waals surface area contributed by atoms with Crippen LogP contribution < -0.4 is 4.74 Å². The van der Waals surface area contributed by atoms with Gasteiger partial charge in [0.15, 0.2) is 0 Å². The highest BCUT2D eigenvalue weighted by Crippen LogP contribution is 2.34. The van der Waals surface area contributed by atoms with E-state index in [1.807, 2.05) is 34.1 Å². The summed E-state index contributed by atoms with van der Waals surface area (Å²) in [5.41, 5.74) is 2.74. The lowest BCUT2D eigenvalue weighted by atomic mass is 10.1. The SMILES string of the molecule is O=C(CN1Cc2ccccc2O[C@H](c2ccccc2F)C1)N1CCC[C@@H]1c1nc2ccc(F)cc2[nH]1. The molecular formula is C28H26F2N4O2. The highest BCUT2D eigenvalue weighted by Gasteiger charge is 2.34.